The van der Waals surface area contributed by atoms with Gasteiger partial charge in [-0.15, -0.1) is 0 Å². The van der Waals surface area contributed by atoms with E-state index in [2.05, 4.69) is 15.3 Å². The first-order valence-electron chi connectivity index (χ1n) is 7.52. The van der Waals surface area contributed by atoms with Crippen LogP contribution in [-0.2, 0) is 0 Å². The van der Waals surface area contributed by atoms with Crippen molar-refractivity contribution in [1.29, 1.82) is 0 Å². The number of anilines is 1. The fourth-order valence-electron chi connectivity index (χ4n) is 2.56. The number of aromatic hydroxyl groups is 1. The summed E-state index contributed by atoms with van der Waals surface area (Å²) in [5.74, 6) is 0.753. The molecule has 7 heteroatoms. The quantitative estimate of drug-likeness (QED) is 0.900. The van der Waals surface area contributed by atoms with Crippen LogP contribution in [0.1, 0.15) is 12.8 Å². The number of ether oxygens (including phenoxy) is 1. The number of piperidine rings is 1. The highest BCUT2D eigenvalue weighted by atomic mass is 16.6. The van der Waals surface area contributed by atoms with Gasteiger partial charge in [-0.1, -0.05) is 6.07 Å². The second kappa shape index (κ2) is 7.06. The van der Waals surface area contributed by atoms with Crippen molar-refractivity contribution in [1.82, 2.24) is 15.3 Å². The van der Waals surface area contributed by atoms with Gasteiger partial charge in [0.05, 0.1) is 6.20 Å². The zero-order valence-electron chi connectivity index (χ0n) is 12.6. The largest absolute Gasteiger partial charge is 0.506 e. The van der Waals surface area contributed by atoms with Gasteiger partial charge in [0.25, 0.3) is 0 Å². The van der Waals surface area contributed by atoms with Crippen LogP contribution in [-0.4, -0.2) is 40.3 Å². The third-order valence-electron chi connectivity index (χ3n) is 3.68. The predicted molar refractivity (Wildman–Crippen MR) is 84.5 cm³/mol. The van der Waals surface area contributed by atoms with Gasteiger partial charge in [-0.25, -0.2) is 14.8 Å². The van der Waals surface area contributed by atoms with Crippen LogP contribution in [0.2, 0.25) is 0 Å². The molecular weight excluding hydrogens is 296 g/mol. The van der Waals surface area contributed by atoms with Crippen LogP contribution in [0.25, 0.3) is 0 Å². The van der Waals surface area contributed by atoms with Gasteiger partial charge in [0.1, 0.15) is 11.6 Å². The lowest BCUT2D eigenvalue weighted by molar-refractivity contribution is 0.200. The molecule has 0 radical (unpaired) electrons. The molecule has 3 heterocycles. The maximum absolute atomic E-state index is 12.6. The zero-order valence-corrected chi connectivity index (χ0v) is 12.6. The molecule has 0 aromatic carbocycles. The normalized spacial score (nSPS) is 15.1. The number of hydrogen-bond acceptors (Lipinski definition) is 6. The van der Waals surface area contributed by atoms with Crippen molar-refractivity contribution in [3.63, 3.8) is 0 Å². The van der Waals surface area contributed by atoms with Crippen LogP contribution in [0, 0.1) is 0 Å². The maximum Gasteiger partial charge on any atom is 0.422 e. The van der Waals surface area contributed by atoms with E-state index in [1.165, 1.54) is 17.2 Å². The van der Waals surface area contributed by atoms with E-state index in [4.69, 9.17) is 4.74 Å². The number of nitrogens with one attached hydrogen (secondary N) is 1. The number of carbonyl (C=O) groups is 1. The first-order valence-corrected chi connectivity index (χ1v) is 7.52. The Labute approximate surface area is 133 Å². The van der Waals surface area contributed by atoms with E-state index in [0.29, 0.717) is 5.82 Å². The summed E-state index contributed by atoms with van der Waals surface area (Å²) in [6.45, 7) is 1.66. The number of hydrogen-bond donors (Lipinski definition) is 2. The molecule has 120 valence electrons. The van der Waals surface area contributed by atoms with Crippen molar-refractivity contribution in [2.75, 3.05) is 18.0 Å². The molecule has 1 aliphatic rings. The second-order valence-corrected chi connectivity index (χ2v) is 5.26. The highest BCUT2D eigenvalue weighted by Gasteiger charge is 2.29. The van der Waals surface area contributed by atoms with Crippen LogP contribution in [0.5, 0.6) is 11.6 Å². The standard InChI is InChI=1S/C16H18N4O3/c21-13-4-5-14(19-11-13)20(12-6-9-17-10-7-12)16(22)23-15-3-1-2-8-18-15/h1-5,8,11-12,17,21H,6-7,9-10H2. The number of pyridine rings is 2. The van der Waals surface area contributed by atoms with E-state index in [9.17, 15) is 9.90 Å². The van der Waals surface area contributed by atoms with Gasteiger partial charge < -0.3 is 15.2 Å². The van der Waals surface area contributed by atoms with Crippen LogP contribution < -0.4 is 15.0 Å². The summed E-state index contributed by atoms with van der Waals surface area (Å²) in [5.41, 5.74) is 0. The van der Waals surface area contributed by atoms with E-state index >= 15 is 0 Å². The number of aromatic nitrogens is 2. The van der Waals surface area contributed by atoms with Crippen LogP contribution >= 0.6 is 0 Å². The van der Waals surface area contributed by atoms with E-state index in [1.54, 1.807) is 30.5 Å². The Balaban J connectivity index is 1.84. The topological polar surface area (TPSA) is 87.6 Å². The minimum atomic E-state index is -0.520. The molecule has 2 N–H and O–H groups in total. The van der Waals surface area contributed by atoms with Crippen molar-refractivity contribution in [2.24, 2.45) is 0 Å². The molecule has 0 aliphatic carbocycles. The lowest BCUT2D eigenvalue weighted by Crippen LogP contribution is -2.48. The average Bonchev–Trinajstić information content (AvgIpc) is 2.59. The van der Waals surface area contributed by atoms with Gasteiger partial charge in [0, 0.05) is 18.3 Å². The Bertz CT molecular complexity index is 642. The lowest BCUT2D eigenvalue weighted by atomic mass is 10.1. The van der Waals surface area contributed by atoms with Crippen LogP contribution in [0.3, 0.4) is 0 Å². The summed E-state index contributed by atoms with van der Waals surface area (Å²) >= 11 is 0. The molecule has 1 amide bonds. The summed E-state index contributed by atoms with van der Waals surface area (Å²) in [6, 6.07) is 8.24. The summed E-state index contributed by atoms with van der Waals surface area (Å²) in [6.07, 6.45) is 3.97. The van der Waals surface area contributed by atoms with Gasteiger partial charge in [-0.05, 0) is 44.1 Å². The molecule has 1 aliphatic heterocycles. The number of amides is 1. The molecule has 0 atom stereocenters. The fourth-order valence-corrected chi connectivity index (χ4v) is 2.56. The summed E-state index contributed by atoms with van der Waals surface area (Å²) < 4.78 is 5.37. The molecular formula is C16H18N4O3. The predicted octanol–water partition coefficient (Wildman–Crippen LogP) is 1.94. The van der Waals surface area contributed by atoms with Crippen molar-refractivity contribution in [3.8, 4) is 11.6 Å². The smallest absolute Gasteiger partial charge is 0.422 e. The Kier molecular flexibility index (Phi) is 4.68. The molecule has 0 spiro atoms. The van der Waals surface area contributed by atoms with E-state index in [1.807, 2.05) is 0 Å². The molecule has 0 saturated carbocycles. The number of rotatable bonds is 3. The van der Waals surface area contributed by atoms with Crippen LogP contribution in [0.4, 0.5) is 10.6 Å². The Morgan fingerprint density at radius 3 is 2.70 bits per heavy atom. The minimum Gasteiger partial charge on any atom is -0.506 e. The fraction of sp³-hybridized carbons (Fsp3) is 0.312. The van der Waals surface area contributed by atoms with Gasteiger partial charge in [0.2, 0.25) is 5.88 Å². The molecule has 2 aromatic heterocycles. The van der Waals surface area contributed by atoms with E-state index in [0.717, 1.165) is 25.9 Å². The van der Waals surface area contributed by atoms with Crippen molar-refractivity contribution < 1.29 is 14.6 Å². The SMILES string of the molecule is O=C(Oc1ccccn1)N(c1ccc(O)cn1)C1CCNCC1. The molecule has 0 bridgehead atoms. The Hall–Kier alpha value is -2.67. The highest BCUT2D eigenvalue weighted by Crippen LogP contribution is 2.23. The molecule has 23 heavy (non-hydrogen) atoms. The molecule has 7 nitrogen and oxygen atoms in total. The molecule has 3 rings (SSSR count). The monoisotopic (exact) mass is 314 g/mol. The lowest BCUT2D eigenvalue weighted by Gasteiger charge is -2.32. The second-order valence-electron chi connectivity index (χ2n) is 5.26. The van der Waals surface area contributed by atoms with Crippen molar-refractivity contribution in [2.45, 2.75) is 18.9 Å². The Morgan fingerprint density at radius 2 is 2.04 bits per heavy atom. The van der Waals surface area contributed by atoms with Gasteiger partial charge in [-0.2, -0.15) is 0 Å². The zero-order chi connectivity index (χ0) is 16.1. The minimum absolute atomic E-state index is 0.00972. The summed E-state index contributed by atoms with van der Waals surface area (Å²) in [4.78, 5) is 22.3. The van der Waals surface area contributed by atoms with Gasteiger partial charge in [-0.3, -0.25) is 4.90 Å². The van der Waals surface area contributed by atoms with Crippen molar-refractivity contribution >= 4 is 11.9 Å². The maximum atomic E-state index is 12.6. The molecule has 1 saturated heterocycles. The number of carbonyl (C=O) groups excluding carboxylic acids is 1. The molecule has 1 fully saturated rings. The van der Waals surface area contributed by atoms with E-state index in [-0.39, 0.29) is 17.7 Å². The first-order chi connectivity index (χ1) is 11.2. The third kappa shape index (κ3) is 3.75. The molecule has 2 aromatic rings. The van der Waals surface area contributed by atoms with E-state index < -0.39 is 6.09 Å². The molecule has 0 unspecified atom stereocenters. The highest BCUT2D eigenvalue weighted by molar-refractivity contribution is 5.88. The average molecular weight is 314 g/mol. The van der Waals surface area contributed by atoms with Gasteiger partial charge >= 0.3 is 6.09 Å². The number of nitrogens with zero attached hydrogens (tertiary/aromatic N) is 3. The first kappa shape index (κ1) is 15.2. The summed E-state index contributed by atoms with van der Waals surface area (Å²) in [5, 5.41) is 12.7. The summed E-state index contributed by atoms with van der Waals surface area (Å²) in [7, 11) is 0. The Morgan fingerprint density at radius 1 is 1.22 bits per heavy atom. The van der Waals surface area contributed by atoms with Gasteiger partial charge in [0.15, 0.2) is 0 Å². The van der Waals surface area contributed by atoms with Crippen LogP contribution in [0.15, 0.2) is 42.7 Å². The van der Waals surface area contributed by atoms with Crippen molar-refractivity contribution in [3.05, 3.63) is 42.7 Å². The third-order valence-corrected chi connectivity index (χ3v) is 3.68.